The van der Waals surface area contributed by atoms with Crippen LogP contribution in [-0.2, 0) is 0 Å². The van der Waals surface area contributed by atoms with Crippen LogP contribution in [0.3, 0.4) is 0 Å². The quantitative estimate of drug-likeness (QED) is 0.150. The van der Waals surface area contributed by atoms with Gasteiger partial charge in [0.15, 0.2) is 5.71 Å². The number of benzene rings is 4. The Hall–Kier alpha value is -3.61. The van der Waals surface area contributed by atoms with Crippen molar-refractivity contribution in [2.45, 2.75) is 6.92 Å². The molecule has 3 N–H and O–H groups in total. The Morgan fingerprint density at radius 1 is 0.727 bits per heavy atom. The zero-order chi connectivity index (χ0) is 23.3. The summed E-state index contributed by atoms with van der Waals surface area (Å²) in [6.07, 6.45) is 0. The molecule has 0 saturated carbocycles. The molecule has 0 spiro atoms. The molecule has 3 nitrogen and oxygen atoms in total. The van der Waals surface area contributed by atoms with Crippen LogP contribution in [0, 0.1) is 5.82 Å². The van der Waals surface area contributed by atoms with E-state index in [2.05, 4.69) is 41.8 Å². The van der Waals surface area contributed by atoms with Gasteiger partial charge in [-0.25, -0.2) is 4.39 Å². The molecule has 0 bridgehead atoms. The topological polar surface area (TPSA) is 41.1 Å². The monoisotopic (exact) mass is 470 g/mol. The molecule has 0 aliphatic carbocycles. The third-order valence-electron chi connectivity index (χ3n) is 5.73. The van der Waals surface area contributed by atoms with Crippen molar-refractivity contribution >= 4 is 46.8 Å². The molecule has 0 atom stereocenters. The van der Waals surface area contributed by atoms with Crippen LogP contribution in [-0.4, -0.2) is 23.4 Å². The zero-order valence-electron chi connectivity index (χ0n) is 18.3. The lowest BCUT2D eigenvalue weighted by molar-refractivity contribution is -0.440. The fourth-order valence-corrected chi connectivity index (χ4v) is 9.21. The Bertz CT molecular complexity index is 1180. The average Bonchev–Trinajstić information content (AvgIpc) is 2.85. The van der Waals surface area contributed by atoms with E-state index in [-0.39, 0.29) is 10.9 Å². The van der Waals surface area contributed by atoms with E-state index in [9.17, 15) is 0 Å². The molecule has 4 aromatic carbocycles. The summed E-state index contributed by atoms with van der Waals surface area (Å²) in [6.45, 7) is 1.90. The zero-order valence-corrected chi connectivity index (χ0v) is 20.1. The largest absolute Gasteiger partial charge is 0.486 e. The summed E-state index contributed by atoms with van der Waals surface area (Å²) in [4.78, 5) is 0. The van der Waals surface area contributed by atoms with Gasteiger partial charge in [-0.3, -0.25) is 0 Å². The number of hydrazone groups is 1. The summed E-state index contributed by atoms with van der Waals surface area (Å²) in [7, 11) is -3.03. The fourth-order valence-electron chi connectivity index (χ4n) is 4.33. The van der Waals surface area contributed by atoms with Gasteiger partial charge in [0, 0.05) is 22.5 Å². The Kier molecular flexibility index (Phi) is 6.77. The summed E-state index contributed by atoms with van der Waals surface area (Å²) < 4.78 is 17.0. The van der Waals surface area contributed by atoms with Crippen LogP contribution in [0.15, 0.2) is 115 Å². The molecule has 4 aromatic rings. The van der Waals surface area contributed by atoms with Gasteiger partial charge in [0.2, 0.25) is 5.11 Å². The third-order valence-corrected chi connectivity index (χ3v) is 10.4. The minimum atomic E-state index is -3.03. The van der Waals surface area contributed by atoms with Crippen molar-refractivity contribution in [3.63, 3.8) is 0 Å². The van der Waals surface area contributed by atoms with Crippen LogP contribution in [0.2, 0.25) is 0 Å². The van der Waals surface area contributed by atoms with Crippen LogP contribution in [0.25, 0.3) is 0 Å². The Labute approximate surface area is 200 Å². The van der Waals surface area contributed by atoms with Gasteiger partial charge in [0.1, 0.15) is 5.82 Å². The lowest BCUT2D eigenvalue weighted by Crippen LogP contribution is -2.78. The Morgan fingerprint density at radius 2 is 1.12 bits per heavy atom. The van der Waals surface area contributed by atoms with Crippen molar-refractivity contribution in [2.75, 3.05) is 0 Å². The second kappa shape index (κ2) is 9.89. The smallest absolute Gasteiger partial charge is 0.372 e. The van der Waals surface area contributed by atoms with Crippen molar-refractivity contribution in [2.24, 2.45) is 5.73 Å². The van der Waals surface area contributed by atoms with E-state index in [0.717, 1.165) is 15.6 Å². The molecule has 0 unspecified atom stereocenters. The van der Waals surface area contributed by atoms with Gasteiger partial charge in [-0.1, -0.05) is 103 Å². The first-order valence-corrected chi connectivity index (χ1v) is 13.0. The van der Waals surface area contributed by atoms with Crippen molar-refractivity contribution in [3.8, 4) is 0 Å². The van der Waals surface area contributed by atoms with Gasteiger partial charge in [-0.2, -0.15) is 9.78 Å². The Morgan fingerprint density at radius 3 is 1.52 bits per heavy atom. The van der Waals surface area contributed by atoms with Gasteiger partial charge in [-0.15, -0.1) is 0 Å². The first-order valence-electron chi connectivity index (χ1n) is 10.7. The highest BCUT2D eigenvalue weighted by molar-refractivity contribution is 7.80. The highest BCUT2D eigenvalue weighted by Gasteiger charge is 2.56. The van der Waals surface area contributed by atoms with Crippen LogP contribution < -0.4 is 26.7 Å². The minimum Gasteiger partial charge on any atom is -0.372 e. The average molecular weight is 471 g/mol. The van der Waals surface area contributed by atoms with E-state index in [1.54, 1.807) is 12.1 Å². The highest BCUT2D eigenvalue weighted by Crippen LogP contribution is 2.14. The van der Waals surface area contributed by atoms with Crippen molar-refractivity contribution in [1.82, 2.24) is 5.43 Å². The highest BCUT2D eigenvalue weighted by atomic mass is 32.1. The lowest BCUT2D eigenvalue weighted by atomic mass is 10.1. The van der Waals surface area contributed by atoms with Gasteiger partial charge in [0.25, 0.3) is 0 Å². The van der Waals surface area contributed by atoms with E-state index in [4.69, 9.17) is 18.0 Å². The fraction of sp³-hybridized carbons (Fsp3) is 0.0370. The van der Waals surface area contributed by atoms with E-state index < -0.39 is 8.24 Å². The first-order chi connectivity index (χ1) is 16.0. The van der Waals surface area contributed by atoms with Gasteiger partial charge in [-0.05, 0) is 24.4 Å². The summed E-state index contributed by atoms with van der Waals surface area (Å²) >= 11 is 5.33. The molecular weight excluding hydrogens is 445 g/mol. The van der Waals surface area contributed by atoms with E-state index in [1.807, 2.05) is 71.9 Å². The SMILES string of the molecule is C/C(c1ccccc1F)=[N+](/NC(N)=S)[Si](c1ccccc1)(c1ccccc1)c1ccccc1. The molecule has 0 aliphatic rings. The second-order valence-electron chi connectivity index (χ2n) is 7.69. The van der Waals surface area contributed by atoms with E-state index in [0.29, 0.717) is 11.3 Å². The minimum absolute atomic E-state index is 0.116. The van der Waals surface area contributed by atoms with Crippen LogP contribution in [0.1, 0.15) is 12.5 Å². The van der Waals surface area contributed by atoms with E-state index in [1.165, 1.54) is 6.07 Å². The first kappa shape index (κ1) is 22.6. The summed E-state index contributed by atoms with van der Waals surface area (Å²) in [5, 5.41) is 3.45. The molecule has 33 heavy (non-hydrogen) atoms. The van der Waals surface area contributed by atoms with Crippen molar-refractivity contribution in [1.29, 1.82) is 0 Å². The van der Waals surface area contributed by atoms with Crippen LogP contribution >= 0.6 is 12.2 Å². The van der Waals surface area contributed by atoms with Crippen molar-refractivity contribution < 1.29 is 8.74 Å². The molecule has 4 rings (SSSR count). The number of nitrogens with zero attached hydrogens (tertiary/aromatic N) is 1. The molecule has 0 aromatic heterocycles. The molecule has 0 heterocycles. The number of hydrogen-bond acceptors (Lipinski definition) is 1. The maximum Gasteiger partial charge on any atom is 0.486 e. The van der Waals surface area contributed by atoms with Gasteiger partial charge in [0.05, 0.1) is 5.56 Å². The molecule has 164 valence electrons. The number of hydrogen-bond donors (Lipinski definition) is 2. The maximum atomic E-state index is 15.0. The number of nitrogens with one attached hydrogen (secondary N) is 1. The number of thiocarbonyl (C=S) groups is 1. The van der Waals surface area contributed by atoms with Gasteiger partial charge >= 0.3 is 8.24 Å². The number of nitrogens with two attached hydrogens (primary N) is 1. The summed E-state index contributed by atoms with van der Waals surface area (Å²) in [6, 6.07) is 37.6. The normalized spacial score (nSPS) is 12.1. The number of hydrazine groups is 1. The Balaban J connectivity index is 2.20. The molecule has 0 aliphatic heterocycles. The summed E-state index contributed by atoms with van der Waals surface area (Å²) in [5.41, 5.74) is 10.5. The van der Waals surface area contributed by atoms with Crippen molar-refractivity contribution in [3.05, 3.63) is 127 Å². The number of rotatable bonds is 6. The molecule has 6 heteroatoms. The predicted molar refractivity (Wildman–Crippen MR) is 140 cm³/mol. The molecule has 0 saturated heterocycles. The lowest BCUT2D eigenvalue weighted by Gasteiger charge is -2.29. The standard InChI is InChI=1S/C27H24FN3SSi/c1-21(25-19-11-12-20-26(25)28)31(30-27(29)32)33(22-13-5-2-6-14-22,23-15-7-3-8-16-23)24-17-9-4-10-18-24/h2-20H,1H3,(H2-,29,30,32)/p+1/b31-21+. The number of halogens is 1. The molecule has 0 amide bonds. The third kappa shape index (κ3) is 4.35. The second-order valence-corrected chi connectivity index (χ2v) is 11.7. The summed E-state index contributed by atoms with van der Waals surface area (Å²) in [5.74, 6) is -0.304. The molecular formula is C27H25FN3SSi+. The molecule has 0 fully saturated rings. The maximum absolute atomic E-state index is 15.0. The predicted octanol–water partition coefficient (Wildman–Crippen LogP) is 3.06. The van der Waals surface area contributed by atoms with Crippen LogP contribution in [0.5, 0.6) is 0 Å². The van der Waals surface area contributed by atoms with Crippen LogP contribution in [0.4, 0.5) is 4.39 Å². The van der Waals surface area contributed by atoms with Gasteiger partial charge < -0.3 is 5.73 Å². The molecule has 0 radical (unpaired) electrons. The van der Waals surface area contributed by atoms with E-state index >= 15 is 4.39 Å².